The monoisotopic (exact) mass is 220 g/mol. The van der Waals surface area contributed by atoms with Gasteiger partial charge < -0.3 is 4.90 Å². The maximum atomic E-state index is 8.78. The maximum Gasteiger partial charge on any atom is 0.101 e. The van der Waals surface area contributed by atoms with Gasteiger partial charge in [0.15, 0.2) is 0 Å². The Kier molecular flexibility index (Phi) is 2.83. The van der Waals surface area contributed by atoms with Crippen molar-refractivity contribution in [2.24, 2.45) is 0 Å². The van der Waals surface area contributed by atoms with E-state index < -0.39 is 0 Å². The average molecular weight is 221 g/mol. The van der Waals surface area contributed by atoms with Gasteiger partial charge in [-0.15, -0.1) is 0 Å². The van der Waals surface area contributed by atoms with Gasteiger partial charge >= 0.3 is 0 Å². The molecule has 0 aliphatic carbocycles. The van der Waals surface area contributed by atoms with E-state index in [0.717, 1.165) is 12.2 Å². The van der Waals surface area contributed by atoms with Crippen LogP contribution in [0.1, 0.15) is 25.3 Å². The summed E-state index contributed by atoms with van der Waals surface area (Å²) in [5, 5.41) is 9.33. The summed E-state index contributed by atoms with van der Waals surface area (Å²) >= 11 is 6.01. The van der Waals surface area contributed by atoms with Crippen LogP contribution in [0.5, 0.6) is 0 Å². The van der Waals surface area contributed by atoms with E-state index >= 15 is 0 Å². The summed E-state index contributed by atoms with van der Waals surface area (Å²) in [5.41, 5.74) is 1.68. The van der Waals surface area contributed by atoms with Crippen LogP contribution >= 0.6 is 11.6 Å². The zero-order valence-electron chi connectivity index (χ0n) is 8.70. The summed E-state index contributed by atoms with van der Waals surface area (Å²) in [6.45, 7) is 3.31. The van der Waals surface area contributed by atoms with Gasteiger partial charge in [-0.05, 0) is 38.0 Å². The molecule has 0 saturated carbocycles. The Morgan fingerprint density at radius 3 is 2.87 bits per heavy atom. The predicted octanol–water partition coefficient (Wildman–Crippen LogP) is 3.20. The standard InChI is InChI=1S/C12H13ClN2/c1-9-3-2-6-15(9)11-5-4-10(8-14)12(13)7-11/h4-5,7,9H,2-3,6H2,1H3/t9-/m0/s1. The van der Waals surface area contributed by atoms with E-state index in [9.17, 15) is 0 Å². The second kappa shape index (κ2) is 4.12. The molecule has 1 atom stereocenters. The molecular weight excluding hydrogens is 208 g/mol. The third-order valence-electron chi connectivity index (χ3n) is 2.96. The summed E-state index contributed by atoms with van der Waals surface area (Å²) in [7, 11) is 0. The van der Waals surface area contributed by atoms with E-state index in [1.807, 2.05) is 12.1 Å². The van der Waals surface area contributed by atoms with Crippen LogP contribution in [-0.4, -0.2) is 12.6 Å². The highest BCUT2D eigenvalue weighted by Crippen LogP contribution is 2.28. The number of nitriles is 1. The van der Waals surface area contributed by atoms with E-state index in [1.54, 1.807) is 6.07 Å². The van der Waals surface area contributed by atoms with Gasteiger partial charge in [-0.3, -0.25) is 0 Å². The molecule has 0 N–H and O–H groups in total. The summed E-state index contributed by atoms with van der Waals surface area (Å²) < 4.78 is 0. The van der Waals surface area contributed by atoms with Gasteiger partial charge in [0, 0.05) is 18.3 Å². The number of nitrogens with zero attached hydrogens (tertiary/aromatic N) is 2. The molecule has 2 nitrogen and oxygen atoms in total. The topological polar surface area (TPSA) is 27.0 Å². The van der Waals surface area contributed by atoms with Crippen LogP contribution in [0.3, 0.4) is 0 Å². The lowest BCUT2D eigenvalue weighted by Crippen LogP contribution is -2.26. The van der Waals surface area contributed by atoms with Gasteiger partial charge in [0.2, 0.25) is 0 Å². The molecule has 1 saturated heterocycles. The van der Waals surface area contributed by atoms with Crippen molar-refractivity contribution in [1.29, 1.82) is 5.26 Å². The van der Waals surface area contributed by atoms with Crippen molar-refractivity contribution >= 4 is 17.3 Å². The molecule has 0 aromatic heterocycles. The molecular formula is C12H13ClN2. The number of halogens is 1. The first kappa shape index (κ1) is 10.3. The van der Waals surface area contributed by atoms with Gasteiger partial charge in [-0.1, -0.05) is 11.6 Å². The van der Waals surface area contributed by atoms with Crippen LogP contribution in [0.4, 0.5) is 5.69 Å². The minimum Gasteiger partial charge on any atom is -0.369 e. The fourth-order valence-electron chi connectivity index (χ4n) is 2.09. The van der Waals surface area contributed by atoms with E-state index in [0.29, 0.717) is 16.6 Å². The number of hydrogen-bond donors (Lipinski definition) is 0. The molecule has 1 heterocycles. The third-order valence-corrected chi connectivity index (χ3v) is 3.27. The highest BCUT2D eigenvalue weighted by atomic mass is 35.5. The summed E-state index contributed by atoms with van der Waals surface area (Å²) in [6.07, 6.45) is 2.47. The molecule has 15 heavy (non-hydrogen) atoms. The van der Waals surface area contributed by atoms with Crippen LogP contribution < -0.4 is 4.90 Å². The Hall–Kier alpha value is -1.20. The largest absolute Gasteiger partial charge is 0.369 e. The molecule has 2 rings (SSSR count). The molecule has 0 spiro atoms. The van der Waals surface area contributed by atoms with E-state index in [1.165, 1.54) is 12.8 Å². The van der Waals surface area contributed by atoms with Crippen LogP contribution in [0, 0.1) is 11.3 Å². The molecule has 1 aliphatic rings. The van der Waals surface area contributed by atoms with Crippen LogP contribution in [0.25, 0.3) is 0 Å². The van der Waals surface area contributed by atoms with Gasteiger partial charge in [-0.25, -0.2) is 0 Å². The Labute approximate surface area is 95.1 Å². The lowest BCUT2D eigenvalue weighted by molar-refractivity contribution is 0.735. The maximum absolute atomic E-state index is 8.78. The molecule has 78 valence electrons. The first-order valence-electron chi connectivity index (χ1n) is 5.18. The zero-order valence-corrected chi connectivity index (χ0v) is 9.46. The molecule has 1 aromatic rings. The second-order valence-electron chi connectivity index (χ2n) is 3.96. The Balaban J connectivity index is 2.30. The van der Waals surface area contributed by atoms with Gasteiger partial charge in [0.1, 0.15) is 6.07 Å². The third kappa shape index (κ3) is 1.93. The summed E-state index contributed by atoms with van der Waals surface area (Å²) in [4.78, 5) is 2.34. The van der Waals surface area contributed by atoms with Gasteiger partial charge in [-0.2, -0.15) is 5.26 Å². The predicted molar refractivity (Wildman–Crippen MR) is 62.2 cm³/mol. The van der Waals surface area contributed by atoms with Crippen LogP contribution in [0.15, 0.2) is 18.2 Å². The summed E-state index contributed by atoms with van der Waals surface area (Å²) in [5.74, 6) is 0. The molecule has 0 radical (unpaired) electrons. The lowest BCUT2D eigenvalue weighted by atomic mass is 10.2. The van der Waals surface area contributed by atoms with Gasteiger partial charge in [0.05, 0.1) is 10.6 Å². The number of rotatable bonds is 1. The first-order valence-corrected chi connectivity index (χ1v) is 5.56. The molecule has 1 aromatic carbocycles. The Morgan fingerprint density at radius 2 is 2.33 bits per heavy atom. The molecule has 0 unspecified atom stereocenters. The normalized spacial score (nSPS) is 20.3. The van der Waals surface area contributed by atoms with Crippen molar-refractivity contribution < 1.29 is 0 Å². The molecule has 0 bridgehead atoms. The average Bonchev–Trinajstić information content (AvgIpc) is 2.64. The quantitative estimate of drug-likeness (QED) is 0.727. The zero-order chi connectivity index (χ0) is 10.8. The number of hydrogen-bond acceptors (Lipinski definition) is 2. The van der Waals surface area contributed by atoms with Crippen molar-refractivity contribution in [2.75, 3.05) is 11.4 Å². The number of benzene rings is 1. The van der Waals surface area contributed by atoms with Crippen molar-refractivity contribution in [1.82, 2.24) is 0 Å². The highest BCUT2D eigenvalue weighted by Gasteiger charge is 2.20. The van der Waals surface area contributed by atoms with Crippen molar-refractivity contribution in [3.8, 4) is 6.07 Å². The Morgan fingerprint density at radius 1 is 1.53 bits per heavy atom. The van der Waals surface area contributed by atoms with Gasteiger partial charge in [0.25, 0.3) is 0 Å². The SMILES string of the molecule is C[C@H]1CCCN1c1ccc(C#N)c(Cl)c1. The molecule has 3 heteroatoms. The summed E-state index contributed by atoms with van der Waals surface area (Å²) in [6, 6.07) is 8.32. The molecule has 0 amide bonds. The van der Waals surface area contributed by atoms with Crippen LogP contribution in [0.2, 0.25) is 5.02 Å². The van der Waals surface area contributed by atoms with E-state index in [-0.39, 0.29) is 0 Å². The minimum absolute atomic E-state index is 0.548. The van der Waals surface area contributed by atoms with E-state index in [2.05, 4.69) is 17.9 Å². The lowest BCUT2D eigenvalue weighted by Gasteiger charge is -2.23. The first-order chi connectivity index (χ1) is 7.22. The Bertz CT molecular complexity index is 409. The second-order valence-corrected chi connectivity index (χ2v) is 4.37. The fourth-order valence-corrected chi connectivity index (χ4v) is 2.31. The van der Waals surface area contributed by atoms with E-state index in [4.69, 9.17) is 16.9 Å². The van der Waals surface area contributed by atoms with Crippen molar-refractivity contribution in [3.05, 3.63) is 28.8 Å². The van der Waals surface area contributed by atoms with Crippen molar-refractivity contribution in [3.63, 3.8) is 0 Å². The van der Waals surface area contributed by atoms with Crippen molar-refractivity contribution in [2.45, 2.75) is 25.8 Å². The highest BCUT2D eigenvalue weighted by molar-refractivity contribution is 6.32. The van der Waals surface area contributed by atoms with Crippen LogP contribution in [-0.2, 0) is 0 Å². The minimum atomic E-state index is 0.548. The molecule has 1 fully saturated rings. The number of anilines is 1. The molecule has 1 aliphatic heterocycles. The smallest absolute Gasteiger partial charge is 0.101 e. The fraction of sp³-hybridized carbons (Fsp3) is 0.417.